The summed E-state index contributed by atoms with van der Waals surface area (Å²) in [5.41, 5.74) is 1.54. The lowest BCUT2D eigenvalue weighted by molar-refractivity contribution is -0.116. The predicted molar refractivity (Wildman–Crippen MR) is 70.1 cm³/mol. The van der Waals surface area contributed by atoms with Crippen LogP contribution in [0.25, 0.3) is 0 Å². The number of benzene rings is 2. The number of nitrogens with one attached hydrogen (secondary N) is 1. The van der Waals surface area contributed by atoms with Gasteiger partial charge in [0.1, 0.15) is 5.38 Å². The summed E-state index contributed by atoms with van der Waals surface area (Å²) in [6, 6.07) is 18.6. The van der Waals surface area contributed by atoms with Gasteiger partial charge in [0.25, 0.3) is 0 Å². The number of halogens is 1. The summed E-state index contributed by atoms with van der Waals surface area (Å²) in [5, 5.41) is 2.10. The Morgan fingerprint density at radius 3 is 2.06 bits per heavy atom. The van der Waals surface area contributed by atoms with Crippen molar-refractivity contribution in [2.75, 3.05) is 5.32 Å². The number of alkyl halides is 1. The molecule has 0 radical (unpaired) electrons. The summed E-state index contributed by atoms with van der Waals surface area (Å²) < 4.78 is 0. The first-order valence-corrected chi connectivity index (χ1v) is 5.76. The molecular weight excluding hydrogens is 234 g/mol. The maximum atomic E-state index is 11.9. The van der Waals surface area contributed by atoms with Crippen molar-refractivity contribution in [2.45, 2.75) is 5.38 Å². The number of anilines is 1. The molecule has 86 valence electrons. The Hall–Kier alpha value is -1.80. The Labute approximate surface area is 105 Å². The summed E-state index contributed by atoms with van der Waals surface area (Å²) in [7, 11) is 0. The van der Waals surface area contributed by atoms with Crippen molar-refractivity contribution in [3.63, 3.8) is 0 Å². The summed E-state index contributed by atoms with van der Waals surface area (Å²) in [4.78, 5) is 11.9. The molecule has 3 heteroatoms. The molecule has 2 aromatic carbocycles. The molecular formula is C14H12ClNO. The van der Waals surface area contributed by atoms with Crippen molar-refractivity contribution in [1.82, 2.24) is 0 Å². The molecule has 0 heterocycles. The molecule has 0 spiro atoms. The van der Waals surface area contributed by atoms with Gasteiger partial charge >= 0.3 is 0 Å². The van der Waals surface area contributed by atoms with Crippen LogP contribution in [0.5, 0.6) is 0 Å². The first kappa shape index (κ1) is 11.7. The number of rotatable bonds is 3. The fourth-order valence-corrected chi connectivity index (χ4v) is 1.70. The molecule has 1 N–H and O–H groups in total. The van der Waals surface area contributed by atoms with Crippen molar-refractivity contribution >= 4 is 23.2 Å². The highest BCUT2D eigenvalue weighted by molar-refractivity contribution is 6.32. The second-order valence-electron chi connectivity index (χ2n) is 3.63. The van der Waals surface area contributed by atoms with Crippen molar-refractivity contribution in [1.29, 1.82) is 0 Å². The lowest BCUT2D eigenvalue weighted by Gasteiger charge is -2.10. The molecule has 0 saturated heterocycles. The SMILES string of the molecule is O=C(Nc1ccccc1)[C@@H](Cl)c1ccccc1. The fraction of sp³-hybridized carbons (Fsp3) is 0.0714. The molecule has 1 amide bonds. The Kier molecular flexibility index (Phi) is 3.78. The van der Waals surface area contributed by atoms with Crippen LogP contribution in [0, 0.1) is 0 Å². The second kappa shape index (κ2) is 5.51. The predicted octanol–water partition coefficient (Wildman–Crippen LogP) is 3.61. The third-order valence-corrected chi connectivity index (χ3v) is 2.81. The third kappa shape index (κ3) is 3.08. The van der Waals surface area contributed by atoms with Crippen LogP contribution in [-0.4, -0.2) is 5.91 Å². The van der Waals surface area contributed by atoms with Crippen LogP contribution in [0.1, 0.15) is 10.9 Å². The number of hydrogen-bond donors (Lipinski definition) is 1. The molecule has 0 bridgehead atoms. The van der Waals surface area contributed by atoms with Crippen molar-refractivity contribution in [3.8, 4) is 0 Å². The molecule has 0 saturated carbocycles. The Morgan fingerprint density at radius 1 is 0.941 bits per heavy atom. The monoisotopic (exact) mass is 245 g/mol. The number of para-hydroxylation sites is 1. The van der Waals surface area contributed by atoms with E-state index >= 15 is 0 Å². The molecule has 2 nitrogen and oxygen atoms in total. The molecule has 1 atom stereocenters. The first-order chi connectivity index (χ1) is 8.27. The average Bonchev–Trinajstić information content (AvgIpc) is 2.40. The minimum atomic E-state index is -0.670. The van der Waals surface area contributed by atoms with E-state index < -0.39 is 5.38 Å². The number of carbonyl (C=O) groups is 1. The lowest BCUT2D eigenvalue weighted by atomic mass is 10.1. The normalized spacial score (nSPS) is 11.8. The number of hydrogen-bond acceptors (Lipinski definition) is 1. The topological polar surface area (TPSA) is 29.1 Å². The first-order valence-electron chi connectivity index (χ1n) is 5.32. The fourth-order valence-electron chi connectivity index (χ4n) is 1.50. The van der Waals surface area contributed by atoms with Crippen molar-refractivity contribution in [3.05, 3.63) is 66.2 Å². The van der Waals surface area contributed by atoms with Gasteiger partial charge in [0.15, 0.2) is 0 Å². The smallest absolute Gasteiger partial charge is 0.246 e. The van der Waals surface area contributed by atoms with Crippen molar-refractivity contribution in [2.24, 2.45) is 0 Å². The second-order valence-corrected chi connectivity index (χ2v) is 4.06. The molecule has 2 rings (SSSR count). The zero-order chi connectivity index (χ0) is 12.1. The minimum absolute atomic E-state index is 0.218. The molecule has 0 aliphatic heterocycles. The minimum Gasteiger partial charge on any atom is -0.325 e. The van der Waals surface area contributed by atoms with E-state index in [9.17, 15) is 4.79 Å². The number of amides is 1. The van der Waals surface area contributed by atoms with Crippen LogP contribution in [0.3, 0.4) is 0 Å². The van der Waals surface area contributed by atoms with Gasteiger partial charge in [-0.15, -0.1) is 11.6 Å². The van der Waals surface area contributed by atoms with E-state index in [0.717, 1.165) is 11.3 Å². The van der Waals surface area contributed by atoms with Crippen LogP contribution in [0.4, 0.5) is 5.69 Å². The highest BCUT2D eigenvalue weighted by Gasteiger charge is 2.16. The van der Waals surface area contributed by atoms with Crippen LogP contribution >= 0.6 is 11.6 Å². The van der Waals surface area contributed by atoms with Gasteiger partial charge in [-0.25, -0.2) is 0 Å². The van der Waals surface area contributed by atoms with Gasteiger partial charge in [0.2, 0.25) is 5.91 Å². The quantitative estimate of drug-likeness (QED) is 0.823. The van der Waals surface area contributed by atoms with Gasteiger partial charge in [-0.3, -0.25) is 4.79 Å². The molecule has 0 aliphatic carbocycles. The molecule has 0 aliphatic rings. The number of carbonyl (C=O) groups excluding carboxylic acids is 1. The molecule has 0 fully saturated rings. The van der Waals surface area contributed by atoms with Gasteiger partial charge in [0.05, 0.1) is 0 Å². The van der Waals surface area contributed by atoms with E-state index in [2.05, 4.69) is 5.32 Å². The summed E-state index contributed by atoms with van der Waals surface area (Å²) in [6.07, 6.45) is 0. The standard InChI is InChI=1S/C14H12ClNO/c15-13(11-7-3-1-4-8-11)14(17)16-12-9-5-2-6-10-12/h1-10,13H,(H,16,17)/t13-/m0/s1. The van der Waals surface area contributed by atoms with Gasteiger partial charge in [0, 0.05) is 5.69 Å². The molecule has 0 unspecified atom stereocenters. The van der Waals surface area contributed by atoms with Gasteiger partial charge in [-0.2, -0.15) is 0 Å². The van der Waals surface area contributed by atoms with E-state index in [1.807, 2.05) is 60.7 Å². The maximum Gasteiger partial charge on any atom is 0.246 e. The van der Waals surface area contributed by atoms with Crippen LogP contribution < -0.4 is 5.32 Å². The maximum absolute atomic E-state index is 11.9. The zero-order valence-corrected chi connectivity index (χ0v) is 9.89. The summed E-state index contributed by atoms with van der Waals surface area (Å²) in [5.74, 6) is -0.218. The van der Waals surface area contributed by atoms with Crippen LogP contribution in [-0.2, 0) is 4.79 Å². The highest BCUT2D eigenvalue weighted by Crippen LogP contribution is 2.21. The molecule has 0 aromatic heterocycles. The van der Waals surface area contributed by atoms with E-state index in [0.29, 0.717) is 0 Å². The largest absolute Gasteiger partial charge is 0.325 e. The average molecular weight is 246 g/mol. The van der Waals surface area contributed by atoms with Gasteiger partial charge in [-0.1, -0.05) is 48.5 Å². The van der Waals surface area contributed by atoms with Crippen molar-refractivity contribution < 1.29 is 4.79 Å². The van der Waals surface area contributed by atoms with Gasteiger partial charge in [-0.05, 0) is 17.7 Å². The Balaban J connectivity index is 2.06. The van der Waals surface area contributed by atoms with Crippen LogP contribution in [0.15, 0.2) is 60.7 Å². The van der Waals surface area contributed by atoms with E-state index in [1.54, 1.807) is 0 Å². The van der Waals surface area contributed by atoms with Gasteiger partial charge < -0.3 is 5.32 Å². The van der Waals surface area contributed by atoms with E-state index in [-0.39, 0.29) is 5.91 Å². The molecule has 2 aromatic rings. The summed E-state index contributed by atoms with van der Waals surface area (Å²) >= 11 is 6.09. The van der Waals surface area contributed by atoms with Crippen LogP contribution in [0.2, 0.25) is 0 Å². The Bertz CT molecular complexity index is 484. The third-order valence-electron chi connectivity index (χ3n) is 2.36. The summed E-state index contributed by atoms with van der Waals surface area (Å²) in [6.45, 7) is 0. The lowest BCUT2D eigenvalue weighted by Crippen LogP contribution is -2.17. The Morgan fingerprint density at radius 2 is 1.47 bits per heavy atom. The molecule has 17 heavy (non-hydrogen) atoms. The van der Waals surface area contributed by atoms with E-state index in [1.165, 1.54) is 0 Å². The van der Waals surface area contributed by atoms with E-state index in [4.69, 9.17) is 11.6 Å². The highest BCUT2D eigenvalue weighted by atomic mass is 35.5. The zero-order valence-electron chi connectivity index (χ0n) is 9.14.